The topological polar surface area (TPSA) is 108 Å². The second-order valence-corrected chi connectivity index (χ2v) is 6.59. The van der Waals surface area contributed by atoms with Gasteiger partial charge in [-0.05, 0) is 24.8 Å². The second-order valence-electron chi connectivity index (χ2n) is 6.59. The van der Waals surface area contributed by atoms with Crippen molar-refractivity contribution in [1.82, 2.24) is 16.0 Å². The third kappa shape index (κ3) is 6.74. The predicted octanol–water partition coefficient (Wildman–Crippen LogP) is 2.34. The molecule has 26 heavy (non-hydrogen) atoms. The minimum Gasteiger partial charge on any atom is -0.479 e. The molecule has 7 nitrogen and oxygen atoms in total. The van der Waals surface area contributed by atoms with Gasteiger partial charge in [-0.3, -0.25) is 4.79 Å². The van der Waals surface area contributed by atoms with Gasteiger partial charge < -0.3 is 21.1 Å². The summed E-state index contributed by atoms with van der Waals surface area (Å²) in [6.45, 7) is 0.370. The summed E-state index contributed by atoms with van der Waals surface area (Å²) in [4.78, 5) is 35.2. The molecule has 2 rings (SSSR count). The van der Waals surface area contributed by atoms with Crippen molar-refractivity contribution in [2.75, 3.05) is 6.54 Å². The second kappa shape index (κ2) is 10.4. The van der Waals surface area contributed by atoms with Gasteiger partial charge in [0.2, 0.25) is 5.91 Å². The zero-order valence-corrected chi connectivity index (χ0v) is 14.9. The Morgan fingerprint density at radius 3 is 2.42 bits per heavy atom. The van der Waals surface area contributed by atoms with Crippen LogP contribution in [-0.2, 0) is 9.59 Å². The number of carbonyl (C=O) groups excluding carboxylic acids is 2. The summed E-state index contributed by atoms with van der Waals surface area (Å²) in [6.07, 6.45) is 6.17. The highest BCUT2D eigenvalue weighted by Crippen LogP contribution is 2.17. The number of urea groups is 1. The van der Waals surface area contributed by atoms with Gasteiger partial charge in [-0.25, -0.2) is 9.59 Å². The van der Waals surface area contributed by atoms with E-state index in [1.165, 1.54) is 6.42 Å². The highest BCUT2D eigenvalue weighted by Gasteiger charge is 2.21. The van der Waals surface area contributed by atoms with Crippen LogP contribution in [0.5, 0.6) is 0 Å². The molecule has 1 aliphatic rings. The van der Waals surface area contributed by atoms with Crippen molar-refractivity contribution in [3.05, 3.63) is 35.9 Å². The molecule has 1 saturated carbocycles. The number of carboxylic acid groups (broad SMARTS) is 1. The van der Waals surface area contributed by atoms with Gasteiger partial charge >= 0.3 is 12.0 Å². The van der Waals surface area contributed by atoms with E-state index in [1.54, 1.807) is 30.3 Å². The molecule has 0 aliphatic heterocycles. The Kier molecular flexibility index (Phi) is 7.92. The minimum absolute atomic E-state index is 0.153. The van der Waals surface area contributed by atoms with Gasteiger partial charge in [0, 0.05) is 19.0 Å². The zero-order valence-electron chi connectivity index (χ0n) is 14.9. The van der Waals surface area contributed by atoms with Crippen LogP contribution in [0, 0.1) is 0 Å². The molecule has 3 amide bonds. The first kappa shape index (κ1) is 19.8. The van der Waals surface area contributed by atoms with E-state index in [1.807, 2.05) is 0 Å². The molecule has 7 heteroatoms. The third-order valence-corrected chi connectivity index (χ3v) is 4.49. The number of rotatable bonds is 8. The molecule has 0 radical (unpaired) electrons. The van der Waals surface area contributed by atoms with Gasteiger partial charge in [-0.15, -0.1) is 0 Å². The van der Waals surface area contributed by atoms with Gasteiger partial charge in [0.15, 0.2) is 6.04 Å². The van der Waals surface area contributed by atoms with Gasteiger partial charge in [-0.2, -0.15) is 0 Å². The maximum absolute atomic E-state index is 12.0. The molecule has 0 unspecified atom stereocenters. The van der Waals surface area contributed by atoms with E-state index >= 15 is 0 Å². The molecule has 1 aromatic rings. The van der Waals surface area contributed by atoms with E-state index in [0.29, 0.717) is 18.5 Å². The third-order valence-electron chi connectivity index (χ3n) is 4.49. The quantitative estimate of drug-likeness (QED) is 0.533. The molecular weight excluding hydrogens is 334 g/mol. The van der Waals surface area contributed by atoms with Crippen LogP contribution in [0.2, 0.25) is 0 Å². The molecule has 0 aromatic heterocycles. The van der Waals surface area contributed by atoms with Crippen molar-refractivity contribution < 1.29 is 19.5 Å². The van der Waals surface area contributed by atoms with Crippen LogP contribution in [0.1, 0.15) is 56.6 Å². The Labute approximate surface area is 153 Å². The Bertz CT molecular complexity index is 600. The van der Waals surface area contributed by atoms with Crippen LogP contribution < -0.4 is 16.0 Å². The summed E-state index contributed by atoms with van der Waals surface area (Å²) < 4.78 is 0. The largest absolute Gasteiger partial charge is 0.479 e. The van der Waals surface area contributed by atoms with Crippen LogP contribution in [-0.4, -0.2) is 35.6 Å². The van der Waals surface area contributed by atoms with Crippen LogP contribution >= 0.6 is 0 Å². The number of benzene rings is 1. The first-order valence-corrected chi connectivity index (χ1v) is 9.17. The number of hydrogen-bond acceptors (Lipinski definition) is 3. The Hall–Kier alpha value is -2.57. The maximum Gasteiger partial charge on any atom is 0.330 e. The number of carbonyl (C=O) groups is 3. The summed E-state index contributed by atoms with van der Waals surface area (Å²) >= 11 is 0. The molecule has 0 spiro atoms. The van der Waals surface area contributed by atoms with E-state index in [4.69, 9.17) is 0 Å². The van der Waals surface area contributed by atoms with Crippen molar-refractivity contribution in [3.8, 4) is 0 Å². The Balaban J connectivity index is 1.66. The average Bonchev–Trinajstić information content (AvgIpc) is 2.64. The van der Waals surface area contributed by atoms with E-state index in [2.05, 4.69) is 16.0 Å². The van der Waals surface area contributed by atoms with E-state index in [9.17, 15) is 19.5 Å². The fraction of sp³-hybridized carbons (Fsp3) is 0.526. The van der Waals surface area contributed by atoms with Crippen molar-refractivity contribution in [2.45, 2.75) is 57.0 Å². The van der Waals surface area contributed by atoms with Crippen molar-refractivity contribution >= 4 is 17.9 Å². The number of aliphatic carboxylic acids is 1. The van der Waals surface area contributed by atoms with Crippen molar-refractivity contribution in [3.63, 3.8) is 0 Å². The molecule has 142 valence electrons. The van der Waals surface area contributed by atoms with Crippen LogP contribution in [0.4, 0.5) is 4.79 Å². The fourth-order valence-corrected chi connectivity index (χ4v) is 3.10. The monoisotopic (exact) mass is 361 g/mol. The maximum atomic E-state index is 12.0. The van der Waals surface area contributed by atoms with Crippen LogP contribution in [0.25, 0.3) is 0 Å². The van der Waals surface area contributed by atoms with E-state index in [0.717, 1.165) is 25.7 Å². The standard InChI is InChI=1S/C19H27N3O4/c23-16(22-17(18(24)25)14-8-3-1-4-9-14)12-7-13-20-19(26)21-15-10-5-2-6-11-15/h1,3-4,8-9,15,17H,2,5-7,10-13H2,(H,22,23)(H,24,25)(H2,20,21,26)/t17-/m1/s1. The van der Waals surface area contributed by atoms with Crippen molar-refractivity contribution in [1.29, 1.82) is 0 Å². The first-order chi connectivity index (χ1) is 12.6. The lowest BCUT2D eigenvalue weighted by atomic mass is 9.96. The molecule has 1 fully saturated rings. The molecule has 0 bridgehead atoms. The highest BCUT2D eigenvalue weighted by atomic mass is 16.4. The average molecular weight is 361 g/mol. The molecule has 1 atom stereocenters. The number of nitrogens with one attached hydrogen (secondary N) is 3. The van der Waals surface area contributed by atoms with E-state index < -0.39 is 12.0 Å². The summed E-state index contributed by atoms with van der Waals surface area (Å²) in [6, 6.07) is 7.55. The Morgan fingerprint density at radius 1 is 1.08 bits per heavy atom. The predicted molar refractivity (Wildman–Crippen MR) is 97.6 cm³/mol. The number of carboxylic acids is 1. The molecule has 0 heterocycles. The van der Waals surface area contributed by atoms with Gasteiger partial charge in [0.25, 0.3) is 0 Å². The van der Waals surface area contributed by atoms with Gasteiger partial charge in [0.1, 0.15) is 0 Å². The van der Waals surface area contributed by atoms with Gasteiger partial charge in [-0.1, -0.05) is 49.6 Å². The smallest absolute Gasteiger partial charge is 0.330 e. The SMILES string of the molecule is O=C(CCCNC(=O)NC1CCCCC1)N[C@@H](C(=O)O)c1ccccc1. The minimum atomic E-state index is -1.10. The summed E-state index contributed by atoms with van der Waals surface area (Å²) in [7, 11) is 0. The molecular formula is C19H27N3O4. The number of amides is 3. The van der Waals surface area contributed by atoms with Gasteiger partial charge in [0.05, 0.1) is 0 Å². The van der Waals surface area contributed by atoms with Crippen molar-refractivity contribution in [2.24, 2.45) is 0 Å². The lowest BCUT2D eigenvalue weighted by Gasteiger charge is -2.22. The van der Waals surface area contributed by atoms with Crippen LogP contribution in [0.15, 0.2) is 30.3 Å². The zero-order chi connectivity index (χ0) is 18.8. The lowest BCUT2D eigenvalue weighted by Crippen LogP contribution is -2.43. The lowest BCUT2D eigenvalue weighted by molar-refractivity contribution is -0.142. The molecule has 4 N–H and O–H groups in total. The molecule has 0 saturated heterocycles. The van der Waals surface area contributed by atoms with E-state index in [-0.39, 0.29) is 24.4 Å². The van der Waals surface area contributed by atoms with Crippen LogP contribution in [0.3, 0.4) is 0 Å². The summed E-state index contributed by atoms with van der Waals surface area (Å²) in [5.74, 6) is -1.45. The molecule has 1 aromatic carbocycles. The first-order valence-electron chi connectivity index (χ1n) is 9.17. The number of hydrogen-bond donors (Lipinski definition) is 4. The Morgan fingerprint density at radius 2 is 1.77 bits per heavy atom. The highest BCUT2D eigenvalue weighted by molar-refractivity contribution is 5.84. The fourth-order valence-electron chi connectivity index (χ4n) is 3.10. The summed E-state index contributed by atoms with van der Waals surface area (Å²) in [5.41, 5.74) is 0.526. The normalized spacial score (nSPS) is 15.7. The summed E-state index contributed by atoms with van der Waals surface area (Å²) in [5, 5.41) is 17.5. The molecule has 1 aliphatic carbocycles.